The lowest BCUT2D eigenvalue weighted by Crippen LogP contribution is -2.32. The van der Waals surface area contributed by atoms with E-state index in [1.807, 2.05) is 0 Å². The Balaban J connectivity index is 2.12. The van der Waals surface area contributed by atoms with E-state index in [-0.39, 0.29) is 11.3 Å². The average Bonchev–Trinajstić information content (AvgIpc) is 2.83. The number of fused-ring (bicyclic) bond motifs is 4. The molecule has 0 aromatic heterocycles. The molecule has 0 saturated heterocycles. The van der Waals surface area contributed by atoms with E-state index in [0.717, 1.165) is 33.5 Å². The number of nitrogens with one attached hydrogen (secondary N) is 1. The first kappa shape index (κ1) is 17.1. The van der Waals surface area contributed by atoms with Crippen LogP contribution < -0.4 is 5.32 Å². The largest absolute Gasteiger partial charge is 0.376 e. The molecule has 0 spiro atoms. The Bertz CT molecular complexity index is 1050. The number of benzene rings is 2. The standard InChI is InChI=1S/C24H27NO/c1-11-10-24(7,8)25-18-9-17-20(16(6)19(11)18)21-14(4)12(2)13(3)15(5)22(21)23(17)26/h9-10,25H,1-8H3. The molecule has 2 aromatic rings. The lowest BCUT2D eigenvalue weighted by atomic mass is 9.83. The van der Waals surface area contributed by atoms with Crippen LogP contribution in [0.5, 0.6) is 0 Å². The van der Waals surface area contributed by atoms with Gasteiger partial charge in [-0.3, -0.25) is 4.79 Å². The van der Waals surface area contributed by atoms with Crippen molar-refractivity contribution in [1.82, 2.24) is 0 Å². The summed E-state index contributed by atoms with van der Waals surface area (Å²) in [6.45, 7) is 17.2. The highest BCUT2D eigenvalue weighted by Gasteiger charge is 2.36. The van der Waals surface area contributed by atoms with E-state index in [1.54, 1.807) is 0 Å². The number of allylic oxidation sites excluding steroid dienone is 1. The molecule has 4 rings (SSSR count). The summed E-state index contributed by atoms with van der Waals surface area (Å²) < 4.78 is 0. The highest BCUT2D eigenvalue weighted by molar-refractivity contribution is 6.24. The summed E-state index contributed by atoms with van der Waals surface area (Å²) in [5.74, 6) is 0.177. The summed E-state index contributed by atoms with van der Waals surface area (Å²) in [6.07, 6.45) is 2.28. The molecule has 134 valence electrons. The van der Waals surface area contributed by atoms with Crippen LogP contribution in [-0.2, 0) is 0 Å². The number of carbonyl (C=O) groups is 1. The van der Waals surface area contributed by atoms with Gasteiger partial charge >= 0.3 is 0 Å². The molecule has 0 bridgehead atoms. The first-order valence-electron chi connectivity index (χ1n) is 9.36. The van der Waals surface area contributed by atoms with Crippen molar-refractivity contribution in [3.05, 3.63) is 56.6 Å². The van der Waals surface area contributed by atoms with Gasteiger partial charge in [0.1, 0.15) is 0 Å². The highest BCUT2D eigenvalue weighted by atomic mass is 16.1. The molecule has 2 heteroatoms. The SMILES string of the molecule is CC1=CC(C)(C)Nc2cc3c(c(C)c21)-c1c(C)c(C)c(C)c(C)c1C3=O. The number of carbonyl (C=O) groups excluding carboxylic acids is 1. The van der Waals surface area contributed by atoms with Crippen LogP contribution in [0.15, 0.2) is 12.1 Å². The van der Waals surface area contributed by atoms with E-state index < -0.39 is 0 Å². The van der Waals surface area contributed by atoms with Crippen LogP contribution in [0.4, 0.5) is 5.69 Å². The van der Waals surface area contributed by atoms with Gasteiger partial charge in [0.2, 0.25) is 0 Å². The third kappa shape index (κ3) is 2.02. The smallest absolute Gasteiger partial charge is 0.194 e. The van der Waals surface area contributed by atoms with Gasteiger partial charge in [-0.05, 0) is 106 Å². The van der Waals surface area contributed by atoms with Crippen LogP contribution in [0, 0.1) is 34.6 Å². The first-order valence-corrected chi connectivity index (χ1v) is 9.36. The number of hydrogen-bond donors (Lipinski definition) is 1. The lowest BCUT2D eigenvalue weighted by molar-refractivity contribution is 0.104. The molecular weight excluding hydrogens is 318 g/mol. The van der Waals surface area contributed by atoms with Crippen molar-refractivity contribution in [2.75, 3.05) is 5.32 Å². The highest BCUT2D eigenvalue weighted by Crippen LogP contribution is 2.49. The molecule has 2 aromatic carbocycles. The van der Waals surface area contributed by atoms with Crippen molar-refractivity contribution >= 4 is 17.0 Å². The van der Waals surface area contributed by atoms with Crippen molar-refractivity contribution in [2.45, 2.75) is 60.9 Å². The van der Waals surface area contributed by atoms with Crippen molar-refractivity contribution in [3.8, 4) is 11.1 Å². The van der Waals surface area contributed by atoms with E-state index >= 15 is 0 Å². The second-order valence-electron chi connectivity index (χ2n) is 8.60. The third-order valence-electron chi connectivity index (χ3n) is 6.42. The van der Waals surface area contributed by atoms with Crippen molar-refractivity contribution in [3.63, 3.8) is 0 Å². The molecule has 2 aliphatic rings. The molecule has 0 saturated carbocycles. The minimum Gasteiger partial charge on any atom is -0.376 e. The molecule has 1 N–H and O–H groups in total. The minimum absolute atomic E-state index is 0.106. The fourth-order valence-corrected chi connectivity index (χ4v) is 4.97. The maximum Gasteiger partial charge on any atom is 0.194 e. The molecule has 0 atom stereocenters. The maximum absolute atomic E-state index is 13.4. The predicted molar refractivity (Wildman–Crippen MR) is 110 cm³/mol. The first-order chi connectivity index (χ1) is 12.0. The van der Waals surface area contributed by atoms with Crippen molar-refractivity contribution in [2.24, 2.45) is 0 Å². The Kier molecular flexibility index (Phi) is 3.35. The minimum atomic E-state index is -0.106. The predicted octanol–water partition coefficient (Wildman–Crippen LogP) is 6.05. The normalized spacial score (nSPS) is 16.6. The second kappa shape index (κ2) is 5.09. The Hall–Kier alpha value is -2.35. The molecule has 2 nitrogen and oxygen atoms in total. The maximum atomic E-state index is 13.4. The van der Waals surface area contributed by atoms with Crippen LogP contribution in [0.3, 0.4) is 0 Å². The van der Waals surface area contributed by atoms with E-state index in [9.17, 15) is 4.79 Å². The molecule has 1 heterocycles. The van der Waals surface area contributed by atoms with Crippen molar-refractivity contribution < 1.29 is 4.79 Å². The summed E-state index contributed by atoms with van der Waals surface area (Å²) in [5.41, 5.74) is 13.7. The fraction of sp³-hybridized carbons (Fsp3) is 0.375. The van der Waals surface area contributed by atoms with Gasteiger partial charge in [0, 0.05) is 22.4 Å². The van der Waals surface area contributed by atoms with Crippen LogP contribution in [0.25, 0.3) is 16.7 Å². The van der Waals surface area contributed by atoms with E-state index in [0.29, 0.717) is 0 Å². The summed E-state index contributed by atoms with van der Waals surface area (Å²) in [5, 5.41) is 3.61. The monoisotopic (exact) mass is 345 g/mol. The number of ketones is 1. The summed E-state index contributed by atoms with van der Waals surface area (Å²) >= 11 is 0. The zero-order chi connectivity index (χ0) is 19.1. The van der Waals surface area contributed by atoms with Gasteiger partial charge in [-0.15, -0.1) is 0 Å². The molecule has 1 aliphatic heterocycles. The zero-order valence-electron chi connectivity index (χ0n) is 17.1. The van der Waals surface area contributed by atoms with Crippen molar-refractivity contribution in [1.29, 1.82) is 0 Å². The van der Waals surface area contributed by atoms with E-state index in [4.69, 9.17) is 0 Å². The second-order valence-corrected chi connectivity index (χ2v) is 8.60. The third-order valence-corrected chi connectivity index (χ3v) is 6.42. The number of rotatable bonds is 0. The van der Waals surface area contributed by atoms with Gasteiger partial charge < -0.3 is 5.32 Å². The molecule has 0 amide bonds. The van der Waals surface area contributed by atoms with Gasteiger partial charge in [0.25, 0.3) is 0 Å². The molecular formula is C24H27NO. The van der Waals surface area contributed by atoms with Gasteiger partial charge in [-0.1, -0.05) is 6.08 Å². The average molecular weight is 345 g/mol. The van der Waals surface area contributed by atoms with Crippen LogP contribution in [0.1, 0.15) is 70.1 Å². The topological polar surface area (TPSA) is 29.1 Å². The zero-order valence-corrected chi connectivity index (χ0v) is 17.1. The van der Waals surface area contributed by atoms with Gasteiger partial charge in [0.15, 0.2) is 5.78 Å². The van der Waals surface area contributed by atoms with Crippen LogP contribution >= 0.6 is 0 Å². The Morgan fingerprint density at radius 1 is 0.731 bits per heavy atom. The lowest BCUT2D eigenvalue weighted by Gasteiger charge is -2.33. The van der Waals surface area contributed by atoms with E-state index in [2.05, 4.69) is 72.8 Å². The molecule has 26 heavy (non-hydrogen) atoms. The number of hydrogen-bond acceptors (Lipinski definition) is 2. The van der Waals surface area contributed by atoms with Gasteiger partial charge in [-0.2, -0.15) is 0 Å². The Morgan fingerprint density at radius 2 is 1.31 bits per heavy atom. The summed E-state index contributed by atoms with van der Waals surface area (Å²) in [7, 11) is 0. The Morgan fingerprint density at radius 3 is 1.92 bits per heavy atom. The Labute approximate surface area is 156 Å². The summed E-state index contributed by atoms with van der Waals surface area (Å²) in [6, 6.07) is 2.09. The molecule has 0 radical (unpaired) electrons. The van der Waals surface area contributed by atoms with Gasteiger partial charge in [0.05, 0.1) is 5.54 Å². The van der Waals surface area contributed by atoms with Crippen LogP contribution in [-0.4, -0.2) is 11.3 Å². The number of anilines is 1. The quantitative estimate of drug-likeness (QED) is 0.537. The molecule has 1 aliphatic carbocycles. The van der Waals surface area contributed by atoms with Gasteiger partial charge in [-0.25, -0.2) is 0 Å². The fourth-order valence-electron chi connectivity index (χ4n) is 4.97. The van der Waals surface area contributed by atoms with Crippen LogP contribution in [0.2, 0.25) is 0 Å². The molecule has 0 unspecified atom stereocenters. The van der Waals surface area contributed by atoms with E-state index in [1.165, 1.54) is 33.4 Å². The molecule has 0 fully saturated rings. The summed E-state index contributed by atoms with van der Waals surface area (Å²) in [4.78, 5) is 13.4.